The number of nitrogens with one attached hydrogen (secondary N) is 1. The van der Waals surface area contributed by atoms with Gasteiger partial charge in [0.05, 0.1) is 14.9 Å². The standard InChI is InChI=1S/C20H17ClN2O2S/c1-14(17-12-13-18(21)26-17)22-23-19(24)20(25,15-8-4-2-5-9-15)16-10-6-3-7-11-16/h2-13,25H,1H3,(H,23,24)/b22-14+. The minimum Gasteiger partial charge on any atom is -0.372 e. The van der Waals surface area contributed by atoms with Crippen molar-refractivity contribution in [2.45, 2.75) is 12.5 Å². The Kier molecular flexibility index (Phi) is 5.52. The average Bonchev–Trinajstić information content (AvgIpc) is 3.13. The molecule has 4 nitrogen and oxygen atoms in total. The molecule has 2 N–H and O–H groups in total. The summed E-state index contributed by atoms with van der Waals surface area (Å²) in [6, 6.07) is 21.2. The van der Waals surface area contributed by atoms with Crippen molar-refractivity contribution in [3.05, 3.63) is 93.1 Å². The highest BCUT2D eigenvalue weighted by Gasteiger charge is 2.39. The van der Waals surface area contributed by atoms with Crippen LogP contribution in [0.15, 0.2) is 77.9 Å². The third-order valence-electron chi connectivity index (χ3n) is 3.97. The van der Waals surface area contributed by atoms with Gasteiger partial charge in [-0.25, -0.2) is 5.43 Å². The Bertz CT molecular complexity index is 884. The fourth-order valence-electron chi connectivity index (χ4n) is 2.57. The van der Waals surface area contributed by atoms with Gasteiger partial charge in [-0.15, -0.1) is 11.3 Å². The van der Waals surface area contributed by atoms with Crippen LogP contribution in [-0.4, -0.2) is 16.7 Å². The smallest absolute Gasteiger partial charge is 0.281 e. The monoisotopic (exact) mass is 384 g/mol. The van der Waals surface area contributed by atoms with Gasteiger partial charge in [0.2, 0.25) is 0 Å². The number of hydrazone groups is 1. The van der Waals surface area contributed by atoms with Crippen molar-refractivity contribution >= 4 is 34.6 Å². The predicted molar refractivity (Wildman–Crippen MR) is 106 cm³/mol. The highest BCUT2D eigenvalue weighted by atomic mass is 35.5. The van der Waals surface area contributed by atoms with Crippen LogP contribution < -0.4 is 5.43 Å². The summed E-state index contributed by atoms with van der Waals surface area (Å²) in [6.45, 7) is 1.77. The van der Waals surface area contributed by atoms with Gasteiger partial charge in [0.25, 0.3) is 5.91 Å². The van der Waals surface area contributed by atoms with Crippen LogP contribution in [0.3, 0.4) is 0 Å². The van der Waals surface area contributed by atoms with Crippen molar-refractivity contribution < 1.29 is 9.90 Å². The Balaban J connectivity index is 1.94. The van der Waals surface area contributed by atoms with E-state index in [1.165, 1.54) is 11.3 Å². The highest BCUT2D eigenvalue weighted by molar-refractivity contribution is 7.18. The Labute approximate surface area is 160 Å². The summed E-state index contributed by atoms with van der Waals surface area (Å²) in [7, 11) is 0. The normalized spacial score (nSPS) is 12.0. The van der Waals surface area contributed by atoms with Gasteiger partial charge in [0, 0.05) is 0 Å². The first-order valence-corrected chi connectivity index (χ1v) is 9.15. The summed E-state index contributed by atoms with van der Waals surface area (Å²) in [5.74, 6) is -0.628. The lowest BCUT2D eigenvalue weighted by Gasteiger charge is -2.27. The largest absolute Gasteiger partial charge is 0.372 e. The molecule has 0 fully saturated rings. The van der Waals surface area contributed by atoms with E-state index < -0.39 is 11.5 Å². The van der Waals surface area contributed by atoms with E-state index in [1.807, 2.05) is 18.2 Å². The zero-order chi connectivity index (χ0) is 18.6. The lowest BCUT2D eigenvalue weighted by Crippen LogP contribution is -2.43. The molecule has 0 aliphatic rings. The van der Waals surface area contributed by atoms with Crippen LogP contribution in [0.5, 0.6) is 0 Å². The number of benzene rings is 2. The minimum absolute atomic E-state index is 0.468. The van der Waals surface area contributed by atoms with Crippen LogP contribution in [0.4, 0.5) is 0 Å². The van der Waals surface area contributed by atoms with Gasteiger partial charge in [0.15, 0.2) is 5.60 Å². The number of halogens is 1. The number of hydrogen-bond acceptors (Lipinski definition) is 4. The number of amides is 1. The van der Waals surface area contributed by atoms with Gasteiger partial charge >= 0.3 is 0 Å². The fourth-order valence-corrected chi connectivity index (χ4v) is 3.55. The first-order valence-electron chi connectivity index (χ1n) is 7.95. The van der Waals surface area contributed by atoms with E-state index >= 15 is 0 Å². The Morgan fingerprint density at radius 2 is 1.54 bits per heavy atom. The molecule has 0 aliphatic carbocycles. The van der Waals surface area contributed by atoms with E-state index in [9.17, 15) is 9.90 Å². The molecule has 0 saturated heterocycles. The predicted octanol–water partition coefficient (Wildman–Crippen LogP) is 4.18. The molecule has 1 aromatic heterocycles. The third-order valence-corrected chi connectivity index (χ3v) is 5.31. The van der Waals surface area contributed by atoms with E-state index in [0.717, 1.165) is 4.88 Å². The fraction of sp³-hybridized carbons (Fsp3) is 0.100. The molecular weight excluding hydrogens is 368 g/mol. The number of carbonyl (C=O) groups is 1. The molecule has 0 atom stereocenters. The summed E-state index contributed by atoms with van der Waals surface area (Å²) in [5, 5.41) is 15.4. The number of aliphatic hydroxyl groups is 1. The third kappa shape index (κ3) is 3.70. The second-order valence-electron chi connectivity index (χ2n) is 5.68. The summed E-state index contributed by atoms with van der Waals surface area (Å²) >= 11 is 7.30. The number of thiophene rings is 1. The molecule has 132 valence electrons. The second kappa shape index (κ2) is 7.83. The molecule has 0 bridgehead atoms. The van der Waals surface area contributed by atoms with Gasteiger partial charge in [-0.05, 0) is 30.2 Å². The average molecular weight is 385 g/mol. The van der Waals surface area contributed by atoms with Gasteiger partial charge in [-0.1, -0.05) is 72.3 Å². The lowest BCUT2D eigenvalue weighted by molar-refractivity contribution is -0.136. The van der Waals surface area contributed by atoms with Crippen molar-refractivity contribution in [1.29, 1.82) is 0 Å². The molecule has 6 heteroatoms. The van der Waals surface area contributed by atoms with Crippen LogP contribution in [0.1, 0.15) is 22.9 Å². The van der Waals surface area contributed by atoms with E-state index in [0.29, 0.717) is 21.2 Å². The minimum atomic E-state index is -1.85. The highest BCUT2D eigenvalue weighted by Crippen LogP contribution is 2.30. The maximum Gasteiger partial charge on any atom is 0.281 e. The van der Waals surface area contributed by atoms with Crippen LogP contribution in [-0.2, 0) is 10.4 Å². The molecular formula is C20H17ClN2O2S. The van der Waals surface area contributed by atoms with Gasteiger partial charge in [-0.3, -0.25) is 4.79 Å². The zero-order valence-electron chi connectivity index (χ0n) is 14.0. The first kappa shape index (κ1) is 18.3. The topological polar surface area (TPSA) is 61.7 Å². The van der Waals surface area contributed by atoms with Crippen LogP contribution in [0.25, 0.3) is 0 Å². The molecule has 0 spiro atoms. The molecule has 1 heterocycles. The van der Waals surface area contributed by atoms with Gasteiger partial charge in [-0.2, -0.15) is 5.10 Å². The van der Waals surface area contributed by atoms with Gasteiger partial charge in [0.1, 0.15) is 0 Å². The maximum atomic E-state index is 12.9. The van der Waals surface area contributed by atoms with E-state index in [1.54, 1.807) is 61.5 Å². The first-order chi connectivity index (χ1) is 12.5. The van der Waals surface area contributed by atoms with E-state index in [2.05, 4.69) is 10.5 Å². The van der Waals surface area contributed by atoms with Crippen molar-refractivity contribution in [2.24, 2.45) is 5.10 Å². The number of carbonyl (C=O) groups excluding carboxylic acids is 1. The molecule has 3 rings (SSSR count). The SMILES string of the molecule is C/C(=N\NC(=O)C(O)(c1ccccc1)c1ccccc1)c1ccc(Cl)s1. The Morgan fingerprint density at radius 3 is 2.00 bits per heavy atom. The molecule has 0 saturated carbocycles. The van der Waals surface area contributed by atoms with Crippen molar-refractivity contribution in [2.75, 3.05) is 0 Å². The van der Waals surface area contributed by atoms with Crippen LogP contribution >= 0.6 is 22.9 Å². The summed E-state index contributed by atoms with van der Waals surface area (Å²) in [6.07, 6.45) is 0. The molecule has 0 unspecified atom stereocenters. The van der Waals surface area contributed by atoms with Crippen molar-refractivity contribution in [1.82, 2.24) is 5.43 Å². The molecule has 26 heavy (non-hydrogen) atoms. The quantitative estimate of drug-likeness (QED) is 0.512. The zero-order valence-corrected chi connectivity index (χ0v) is 15.6. The van der Waals surface area contributed by atoms with Crippen molar-refractivity contribution in [3.63, 3.8) is 0 Å². The lowest BCUT2D eigenvalue weighted by atomic mass is 9.85. The summed E-state index contributed by atoms with van der Waals surface area (Å²) < 4.78 is 0.644. The van der Waals surface area contributed by atoms with Crippen LogP contribution in [0.2, 0.25) is 4.34 Å². The summed E-state index contributed by atoms with van der Waals surface area (Å²) in [5.41, 5.74) is 2.19. The number of rotatable bonds is 5. The molecule has 1 amide bonds. The Hall–Kier alpha value is -2.47. The number of nitrogens with zero attached hydrogens (tertiary/aromatic N) is 1. The van der Waals surface area contributed by atoms with Crippen LogP contribution in [0, 0.1) is 0 Å². The molecule has 0 radical (unpaired) electrons. The van der Waals surface area contributed by atoms with Crippen molar-refractivity contribution in [3.8, 4) is 0 Å². The number of hydrogen-bond donors (Lipinski definition) is 2. The maximum absolute atomic E-state index is 12.9. The summed E-state index contributed by atoms with van der Waals surface area (Å²) in [4.78, 5) is 13.8. The Morgan fingerprint density at radius 1 is 1.00 bits per heavy atom. The molecule has 2 aromatic carbocycles. The van der Waals surface area contributed by atoms with Gasteiger partial charge < -0.3 is 5.11 Å². The molecule has 0 aliphatic heterocycles. The second-order valence-corrected chi connectivity index (χ2v) is 7.40. The van der Waals surface area contributed by atoms with E-state index in [4.69, 9.17) is 11.6 Å². The van der Waals surface area contributed by atoms with E-state index in [-0.39, 0.29) is 0 Å². The molecule has 3 aromatic rings.